The molecule has 0 saturated carbocycles. The Labute approximate surface area is 265 Å². The Bertz CT molecular complexity index is 2060. The SMILES string of the molecule is O=S(=O)(Oc1c2cccnc2c(OC(c2ccccc2)c2ccccc2)c2c(O)n(Cc3ccc(F)cc3)cc12)N1CCOCC1. The van der Waals surface area contributed by atoms with Gasteiger partial charge in [0.1, 0.15) is 17.4 Å². The van der Waals surface area contributed by atoms with Crippen molar-refractivity contribution in [1.29, 1.82) is 0 Å². The van der Waals surface area contributed by atoms with Gasteiger partial charge >= 0.3 is 10.3 Å². The van der Waals surface area contributed by atoms with Gasteiger partial charge in [-0.15, -0.1) is 0 Å². The van der Waals surface area contributed by atoms with Crippen molar-refractivity contribution in [3.63, 3.8) is 0 Å². The molecule has 0 aliphatic carbocycles. The molecular weight excluding hydrogens is 609 g/mol. The molecule has 1 N–H and O–H groups in total. The summed E-state index contributed by atoms with van der Waals surface area (Å²) < 4.78 is 61.7. The highest BCUT2D eigenvalue weighted by atomic mass is 32.2. The first-order chi connectivity index (χ1) is 22.4. The van der Waals surface area contributed by atoms with Crippen LogP contribution in [0.2, 0.25) is 0 Å². The quantitative estimate of drug-likeness (QED) is 0.201. The summed E-state index contributed by atoms with van der Waals surface area (Å²) in [5.74, 6) is -0.290. The molecule has 0 unspecified atom stereocenters. The van der Waals surface area contributed by atoms with Gasteiger partial charge in [-0.3, -0.25) is 4.98 Å². The third-order valence-electron chi connectivity index (χ3n) is 7.97. The molecular formula is C35H30FN3O6S. The lowest BCUT2D eigenvalue weighted by Crippen LogP contribution is -2.42. The maximum Gasteiger partial charge on any atom is 0.385 e. The lowest BCUT2D eigenvalue weighted by atomic mass is 10.0. The number of rotatable bonds is 9. The number of aromatic nitrogens is 2. The topological polar surface area (TPSA) is 103 Å². The number of halogens is 1. The fraction of sp³-hybridized carbons (Fsp3) is 0.171. The Balaban J connectivity index is 1.45. The summed E-state index contributed by atoms with van der Waals surface area (Å²) in [7, 11) is -4.26. The Kier molecular flexibility index (Phi) is 8.03. The third-order valence-corrected chi connectivity index (χ3v) is 9.35. The molecule has 6 aromatic rings. The van der Waals surface area contributed by atoms with Gasteiger partial charge in [0.25, 0.3) is 0 Å². The molecule has 1 aliphatic heterocycles. The smallest absolute Gasteiger partial charge is 0.385 e. The van der Waals surface area contributed by atoms with E-state index in [0.29, 0.717) is 16.3 Å². The number of nitrogens with zero attached hydrogens (tertiary/aromatic N) is 3. The minimum absolute atomic E-state index is 0.0149. The summed E-state index contributed by atoms with van der Waals surface area (Å²) in [6, 6.07) is 28.7. The molecule has 0 radical (unpaired) electrons. The number of morpholine rings is 1. The van der Waals surface area contributed by atoms with E-state index in [1.165, 1.54) is 16.4 Å². The lowest BCUT2D eigenvalue weighted by molar-refractivity contribution is 0.0699. The van der Waals surface area contributed by atoms with Crippen LogP contribution in [0.5, 0.6) is 17.4 Å². The van der Waals surface area contributed by atoms with E-state index < -0.39 is 16.4 Å². The first kappa shape index (κ1) is 29.7. The molecule has 0 bridgehead atoms. The standard InChI is InChI=1S/C35H30FN3O6S/c36-27-15-13-24(14-16-27)22-38-23-29-30(35(38)40)34(44-32(25-8-3-1-4-9-25)26-10-5-2-6-11-26)31-28(12-7-17-37-31)33(29)45-46(41,42)39-18-20-43-21-19-39/h1-17,23,32,40H,18-22H2. The Hall–Kier alpha value is -4.97. The fourth-order valence-corrected chi connectivity index (χ4v) is 6.81. The van der Waals surface area contributed by atoms with Gasteiger partial charge in [0, 0.05) is 30.9 Å². The van der Waals surface area contributed by atoms with Gasteiger partial charge in [0.2, 0.25) is 5.88 Å². The summed E-state index contributed by atoms with van der Waals surface area (Å²) in [5, 5.41) is 12.8. The van der Waals surface area contributed by atoms with E-state index in [1.807, 2.05) is 60.7 Å². The van der Waals surface area contributed by atoms with Crippen LogP contribution in [0.3, 0.4) is 0 Å². The highest BCUT2D eigenvalue weighted by Crippen LogP contribution is 2.49. The highest BCUT2D eigenvalue weighted by molar-refractivity contribution is 7.84. The maximum absolute atomic E-state index is 13.7. The van der Waals surface area contributed by atoms with Crippen LogP contribution in [-0.2, 0) is 21.6 Å². The van der Waals surface area contributed by atoms with Gasteiger partial charge in [-0.05, 0) is 41.0 Å². The van der Waals surface area contributed by atoms with Crippen molar-refractivity contribution in [1.82, 2.24) is 13.9 Å². The second kappa shape index (κ2) is 12.4. The molecule has 0 spiro atoms. The number of aromatic hydroxyl groups is 1. The van der Waals surface area contributed by atoms with E-state index in [1.54, 1.807) is 41.2 Å². The predicted octanol–water partition coefficient (Wildman–Crippen LogP) is 6.21. The van der Waals surface area contributed by atoms with Crippen LogP contribution in [-0.4, -0.2) is 53.7 Å². The summed E-state index contributed by atoms with van der Waals surface area (Å²) in [5.41, 5.74) is 2.77. The van der Waals surface area contributed by atoms with Crippen LogP contribution in [0.15, 0.2) is 109 Å². The molecule has 4 aromatic carbocycles. The zero-order chi connectivity index (χ0) is 31.7. The Morgan fingerprint density at radius 2 is 1.50 bits per heavy atom. The predicted molar refractivity (Wildman–Crippen MR) is 172 cm³/mol. The Morgan fingerprint density at radius 1 is 0.848 bits per heavy atom. The maximum atomic E-state index is 13.7. The second-order valence-electron chi connectivity index (χ2n) is 10.9. The molecule has 7 rings (SSSR count). The number of pyridine rings is 1. The van der Waals surface area contributed by atoms with E-state index in [-0.39, 0.29) is 61.4 Å². The molecule has 9 nitrogen and oxygen atoms in total. The van der Waals surface area contributed by atoms with Crippen LogP contribution in [0, 0.1) is 5.82 Å². The summed E-state index contributed by atoms with van der Waals surface area (Å²) in [6.07, 6.45) is 2.60. The molecule has 1 aliphatic rings. The highest BCUT2D eigenvalue weighted by Gasteiger charge is 2.32. The number of hydrogen-bond acceptors (Lipinski definition) is 7. The van der Waals surface area contributed by atoms with Crippen molar-refractivity contribution in [2.24, 2.45) is 0 Å². The summed E-state index contributed by atoms with van der Waals surface area (Å²) >= 11 is 0. The van der Waals surface area contributed by atoms with E-state index in [9.17, 15) is 17.9 Å². The molecule has 1 fully saturated rings. The second-order valence-corrected chi connectivity index (χ2v) is 12.5. The van der Waals surface area contributed by atoms with Crippen molar-refractivity contribution in [2.75, 3.05) is 26.3 Å². The zero-order valence-electron chi connectivity index (χ0n) is 24.6. The molecule has 3 heterocycles. The molecule has 11 heteroatoms. The average Bonchev–Trinajstić information content (AvgIpc) is 3.41. The van der Waals surface area contributed by atoms with Gasteiger partial charge in [-0.2, -0.15) is 12.7 Å². The minimum atomic E-state index is -4.26. The van der Waals surface area contributed by atoms with Crippen LogP contribution >= 0.6 is 0 Å². The number of benzene rings is 4. The van der Waals surface area contributed by atoms with Gasteiger partial charge in [-0.25, -0.2) is 4.39 Å². The van der Waals surface area contributed by atoms with Crippen LogP contribution in [0.1, 0.15) is 22.8 Å². The van der Waals surface area contributed by atoms with Crippen LogP contribution in [0.25, 0.3) is 21.7 Å². The number of fused-ring (bicyclic) bond motifs is 2. The summed E-state index contributed by atoms with van der Waals surface area (Å²) in [4.78, 5) is 4.62. The number of ether oxygens (including phenoxy) is 2. The van der Waals surface area contributed by atoms with Crippen LogP contribution in [0.4, 0.5) is 4.39 Å². The normalized spacial score (nSPS) is 14.2. The van der Waals surface area contributed by atoms with E-state index >= 15 is 0 Å². The van der Waals surface area contributed by atoms with Crippen molar-refractivity contribution in [3.05, 3.63) is 132 Å². The average molecular weight is 640 g/mol. The molecule has 46 heavy (non-hydrogen) atoms. The van der Waals surface area contributed by atoms with Crippen LogP contribution < -0.4 is 8.92 Å². The van der Waals surface area contributed by atoms with Gasteiger partial charge in [0.05, 0.1) is 30.5 Å². The number of hydrogen-bond donors (Lipinski definition) is 1. The van der Waals surface area contributed by atoms with Gasteiger partial charge in [0.15, 0.2) is 11.5 Å². The first-order valence-corrected chi connectivity index (χ1v) is 16.2. The van der Waals surface area contributed by atoms with Gasteiger partial charge < -0.3 is 23.3 Å². The molecule has 2 aromatic heterocycles. The monoisotopic (exact) mass is 639 g/mol. The van der Waals surface area contributed by atoms with Crippen molar-refractivity contribution >= 4 is 32.0 Å². The van der Waals surface area contributed by atoms with Crippen molar-refractivity contribution in [2.45, 2.75) is 12.6 Å². The third kappa shape index (κ3) is 5.76. The molecule has 0 amide bonds. The molecule has 0 atom stereocenters. The Morgan fingerprint density at radius 3 is 2.15 bits per heavy atom. The largest absolute Gasteiger partial charge is 0.494 e. The summed E-state index contributed by atoms with van der Waals surface area (Å²) in [6.45, 7) is 0.968. The molecule has 234 valence electrons. The zero-order valence-corrected chi connectivity index (χ0v) is 25.4. The van der Waals surface area contributed by atoms with Gasteiger partial charge in [-0.1, -0.05) is 72.8 Å². The molecule has 1 saturated heterocycles. The van der Waals surface area contributed by atoms with E-state index in [4.69, 9.17) is 13.7 Å². The van der Waals surface area contributed by atoms with Crippen molar-refractivity contribution in [3.8, 4) is 17.4 Å². The first-order valence-electron chi connectivity index (χ1n) is 14.8. The van der Waals surface area contributed by atoms with E-state index in [2.05, 4.69) is 4.98 Å². The van der Waals surface area contributed by atoms with E-state index in [0.717, 1.165) is 16.7 Å². The minimum Gasteiger partial charge on any atom is -0.494 e. The van der Waals surface area contributed by atoms with Crippen molar-refractivity contribution < 1.29 is 31.6 Å². The fourth-order valence-electron chi connectivity index (χ4n) is 5.72. The lowest BCUT2D eigenvalue weighted by Gasteiger charge is -2.26.